The Kier molecular flexibility index (Phi) is 5.22. The lowest BCUT2D eigenvalue weighted by Gasteiger charge is -2.02. The molecule has 2 rings (SSSR count). The zero-order valence-corrected chi connectivity index (χ0v) is 13.4. The standard InChI is InChI=1S/C11H7BrF3N3OS2/c12-6-1-3-7(4-2-6)20-5-8(19)16-10-18-17-9(21-10)11(13,14)15/h1-4H,5H2,(H,16,18,19). The highest BCUT2D eigenvalue weighted by Gasteiger charge is 2.35. The second-order valence-electron chi connectivity index (χ2n) is 3.70. The molecule has 0 atom stereocenters. The second-order valence-corrected chi connectivity index (χ2v) is 6.64. The van der Waals surface area contributed by atoms with Gasteiger partial charge in [0.2, 0.25) is 16.0 Å². The average molecular weight is 398 g/mol. The molecule has 0 saturated heterocycles. The molecule has 0 aliphatic rings. The predicted molar refractivity (Wildman–Crippen MR) is 78.4 cm³/mol. The van der Waals surface area contributed by atoms with Crippen LogP contribution in [0.25, 0.3) is 0 Å². The van der Waals surface area contributed by atoms with E-state index in [1.54, 1.807) is 0 Å². The number of hydrogen-bond acceptors (Lipinski definition) is 5. The lowest BCUT2D eigenvalue weighted by Crippen LogP contribution is -2.13. The molecule has 21 heavy (non-hydrogen) atoms. The molecular formula is C11H7BrF3N3OS2. The van der Waals surface area contributed by atoms with Gasteiger partial charge in [0.15, 0.2) is 0 Å². The molecular weight excluding hydrogens is 391 g/mol. The highest BCUT2D eigenvalue weighted by atomic mass is 79.9. The smallest absolute Gasteiger partial charge is 0.300 e. The maximum Gasteiger partial charge on any atom is 0.445 e. The van der Waals surface area contributed by atoms with Crippen molar-refractivity contribution in [1.29, 1.82) is 0 Å². The fourth-order valence-corrected chi connectivity index (χ4v) is 2.81. The van der Waals surface area contributed by atoms with Gasteiger partial charge in [0, 0.05) is 9.37 Å². The van der Waals surface area contributed by atoms with E-state index in [2.05, 4.69) is 31.4 Å². The van der Waals surface area contributed by atoms with Crippen molar-refractivity contribution < 1.29 is 18.0 Å². The van der Waals surface area contributed by atoms with Gasteiger partial charge in [0.25, 0.3) is 0 Å². The summed E-state index contributed by atoms with van der Waals surface area (Å²) in [6, 6.07) is 7.32. The predicted octanol–water partition coefficient (Wildman–Crippen LogP) is 4.05. The molecule has 0 saturated carbocycles. The van der Waals surface area contributed by atoms with Gasteiger partial charge in [0.05, 0.1) is 5.75 Å². The summed E-state index contributed by atoms with van der Waals surface area (Å²) in [4.78, 5) is 12.5. The number of carbonyl (C=O) groups excluding carboxylic acids is 1. The van der Waals surface area contributed by atoms with E-state index in [1.165, 1.54) is 11.8 Å². The summed E-state index contributed by atoms with van der Waals surface area (Å²) in [5, 5.41) is 7.32. The van der Waals surface area contributed by atoms with Crippen molar-refractivity contribution in [2.75, 3.05) is 11.1 Å². The molecule has 0 bridgehead atoms. The normalized spacial score (nSPS) is 11.4. The van der Waals surface area contributed by atoms with Crippen LogP contribution in [0.15, 0.2) is 33.6 Å². The quantitative estimate of drug-likeness (QED) is 0.790. The van der Waals surface area contributed by atoms with Gasteiger partial charge in [-0.05, 0) is 24.3 Å². The van der Waals surface area contributed by atoms with Crippen LogP contribution in [0.3, 0.4) is 0 Å². The van der Waals surface area contributed by atoms with Crippen molar-refractivity contribution in [3.05, 3.63) is 33.7 Å². The number of rotatable bonds is 4. The summed E-state index contributed by atoms with van der Waals surface area (Å²) < 4.78 is 37.9. The number of hydrogen-bond donors (Lipinski definition) is 1. The third kappa shape index (κ3) is 4.97. The summed E-state index contributed by atoms with van der Waals surface area (Å²) in [6.45, 7) is 0. The van der Waals surface area contributed by atoms with Gasteiger partial charge in [-0.2, -0.15) is 13.2 Å². The first-order valence-corrected chi connectivity index (χ1v) is 8.03. The van der Waals surface area contributed by atoms with Crippen LogP contribution in [-0.4, -0.2) is 21.9 Å². The van der Waals surface area contributed by atoms with Gasteiger partial charge in [0.1, 0.15) is 0 Å². The minimum atomic E-state index is -4.55. The second kappa shape index (κ2) is 6.75. The van der Waals surface area contributed by atoms with Crippen LogP contribution in [0.2, 0.25) is 0 Å². The van der Waals surface area contributed by atoms with E-state index in [1.807, 2.05) is 24.3 Å². The molecule has 1 N–H and O–H groups in total. The first-order valence-electron chi connectivity index (χ1n) is 5.43. The van der Waals surface area contributed by atoms with Crippen molar-refractivity contribution in [1.82, 2.24) is 10.2 Å². The summed E-state index contributed by atoms with van der Waals surface area (Å²) in [7, 11) is 0. The molecule has 1 heterocycles. The van der Waals surface area contributed by atoms with Gasteiger partial charge >= 0.3 is 6.18 Å². The number of anilines is 1. The summed E-state index contributed by atoms with van der Waals surface area (Å²) >= 11 is 4.86. The first kappa shape index (κ1) is 16.2. The Morgan fingerprint density at radius 2 is 1.95 bits per heavy atom. The molecule has 0 aliphatic carbocycles. The molecule has 112 valence electrons. The number of benzene rings is 1. The van der Waals surface area contributed by atoms with Crippen molar-refractivity contribution in [2.45, 2.75) is 11.1 Å². The topological polar surface area (TPSA) is 54.9 Å². The Balaban J connectivity index is 1.87. The van der Waals surface area contributed by atoms with Crippen LogP contribution in [0, 0.1) is 0 Å². The molecule has 4 nitrogen and oxygen atoms in total. The van der Waals surface area contributed by atoms with Crippen LogP contribution in [0.4, 0.5) is 18.3 Å². The first-order chi connectivity index (χ1) is 9.84. The van der Waals surface area contributed by atoms with Gasteiger partial charge in [-0.1, -0.05) is 27.3 Å². The molecule has 1 aromatic heterocycles. The molecule has 2 aromatic rings. The summed E-state index contributed by atoms with van der Waals surface area (Å²) in [5.41, 5.74) is 0. The van der Waals surface area contributed by atoms with Gasteiger partial charge in [-0.3, -0.25) is 10.1 Å². The van der Waals surface area contributed by atoms with Gasteiger partial charge in [-0.15, -0.1) is 22.0 Å². The summed E-state index contributed by atoms with van der Waals surface area (Å²) in [5.74, 6) is -0.365. The number of thioether (sulfide) groups is 1. The van der Waals surface area contributed by atoms with E-state index in [0.29, 0.717) is 11.3 Å². The Labute approximate surface area is 134 Å². The SMILES string of the molecule is O=C(CSc1ccc(Br)cc1)Nc1nnc(C(F)(F)F)s1. The Hall–Kier alpha value is -1.13. The average Bonchev–Trinajstić information content (AvgIpc) is 2.86. The molecule has 1 aromatic carbocycles. The van der Waals surface area contributed by atoms with Crippen LogP contribution in [0.5, 0.6) is 0 Å². The number of nitrogens with zero attached hydrogens (tertiary/aromatic N) is 2. The zero-order chi connectivity index (χ0) is 15.5. The summed E-state index contributed by atoms with van der Waals surface area (Å²) in [6.07, 6.45) is -4.55. The van der Waals surface area contributed by atoms with Crippen molar-refractivity contribution in [2.24, 2.45) is 0 Å². The van der Waals surface area contributed by atoms with Crippen molar-refractivity contribution >= 4 is 50.1 Å². The highest BCUT2D eigenvalue weighted by molar-refractivity contribution is 9.10. The van der Waals surface area contributed by atoms with Crippen LogP contribution in [-0.2, 0) is 11.0 Å². The number of halogens is 4. The molecule has 0 aliphatic heterocycles. The minimum Gasteiger partial charge on any atom is -0.300 e. The highest BCUT2D eigenvalue weighted by Crippen LogP contribution is 2.33. The molecule has 0 fully saturated rings. The zero-order valence-electron chi connectivity index (χ0n) is 10.1. The van der Waals surface area contributed by atoms with E-state index in [-0.39, 0.29) is 10.9 Å². The van der Waals surface area contributed by atoms with E-state index >= 15 is 0 Å². The number of aromatic nitrogens is 2. The largest absolute Gasteiger partial charge is 0.445 e. The lowest BCUT2D eigenvalue weighted by atomic mass is 10.4. The third-order valence-corrected chi connectivity index (χ3v) is 4.52. The number of carbonyl (C=O) groups is 1. The number of amides is 1. The lowest BCUT2D eigenvalue weighted by molar-refractivity contribution is -0.138. The molecule has 10 heteroatoms. The van der Waals surface area contributed by atoms with Crippen LogP contribution >= 0.6 is 39.0 Å². The fraction of sp³-hybridized carbons (Fsp3) is 0.182. The van der Waals surface area contributed by atoms with Crippen LogP contribution in [0.1, 0.15) is 5.01 Å². The Morgan fingerprint density at radius 1 is 1.29 bits per heavy atom. The third-order valence-electron chi connectivity index (χ3n) is 2.10. The Morgan fingerprint density at radius 3 is 2.52 bits per heavy atom. The van der Waals surface area contributed by atoms with E-state index < -0.39 is 17.1 Å². The van der Waals surface area contributed by atoms with E-state index in [0.717, 1.165) is 9.37 Å². The van der Waals surface area contributed by atoms with Gasteiger partial charge < -0.3 is 0 Å². The maximum absolute atomic E-state index is 12.3. The molecule has 1 amide bonds. The Bertz CT molecular complexity index is 630. The van der Waals surface area contributed by atoms with Gasteiger partial charge in [-0.25, -0.2) is 0 Å². The van der Waals surface area contributed by atoms with E-state index in [4.69, 9.17) is 0 Å². The number of alkyl halides is 3. The van der Waals surface area contributed by atoms with Crippen molar-refractivity contribution in [3.63, 3.8) is 0 Å². The minimum absolute atomic E-state index is 0.0720. The fourth-order valence-electron chi connectivity index (χ4n) is 1.22. The van der Waals surface area contributed by atoms with Crippen molar-refractivity contribution in [3.8, 4) is 0 Å². The number of nitrogens with one attached hydrogen (secondary N) is 1. The van der Waals surface area contributed by atoms with E-state index in [9.17, 15) is 18.0 Å². The van der Waals surface area contributed by atoms with Crippen LogP contribution < -0.4 is 5.32 Å². The molecule has 0 radical (unpaired) electrons. The maximum atomic E-state index is 12.3. The molecule has 0 spiro atoms. The molecule has 0 unspecified atom stereocenters. The monoisotopic (exact) mass is 397 g/mol.